The average Bonchev–Trinajstić information content (AvgIpc) is 2.17. The van der Waals surface area contributed by atoms with Gasteiger partial charge in [0.05, 0.1) is 0 Å². The molecule has 1 N–H and O–H groups in total. The Balaban J connectivity index is 2.48. The minimum absolute atomic E-state index is 1.16. The molecule has 1 aromatic carbocycles. The monoisotopic (exact) mass is 159 g/mol. The van der Waals surface area contributed by atoms with Gasteiger partial charge in [-0.15, -0.1) is 0 Å². The minimum Gasteiger partial charge on any atom is -0.388 e. The van der Waals surface area contributed by atoms with E-state index in [4.69, 9.17) is 0 Å². The van der Waals surface area contributed by atoms with Crippen molar-refractivity contribution in [1.82, 2.24) is 5.32 Å². The second-order valence-corrected chi connectivity index (χ2v) is 3.06. The second kappa shape index (κ2) is 3.02. The molecule has 12 heavy (non-hydrogen) atoms. The van der Waals surface area contributed by atoms with Crippen LogP contribution < -0.4 is 5.32 Å². The van der Waals surface area contributed by atoms with Crippen LogP contribution in [0.25, 0.3) is 5.70 Å². The van der Waals surface area contributed by atoms with Gasteiger partial charge < -0.3 is 5.32 Å². The molecule has 0 aromatic heterocycles. The summed E-state index contributed by atoms with van der Waals surface area (Å²) in [6.45, 7) is 0. The van der Waals surface area contributed by atoms with Crippen molar-refractivity contribution in [2.24, 2.45) is 0 Å². The van der Waals surface area contributed by atoms with E-state index in [1.54, 1.807) is 0 Å². The zero-order valence-electron chi connectivity index (χ0n) is 7.30. The third-order valence-corrected chi connectivity index (χ3v) is 2.34. The lowest BCUT2D eigenvalue weighted by Gasteiger charge is -2.16. The first-order valence-corrected chi connectivity index (χ1v) is 4.38. The lowest BCUT2D eigenvalue weighted by Crippen LogP contribution is -2.10. The molecule has 0 spiro atoms. The molecule has 1 aromatic rings. The van der Waals surface area contributed by atoms with Crippen molar-refractivity contribution in [2.75, 3.05) is 7.05 Å². The van der Waals surface area contributed by atoms with Crippen molar-refractivity contribution in [3.63, 3.8) is 0 Å². The van der Waals surface area contributed by atoms with Crippen molar-refractivity contribution in [3.05, 3.63) is 41.5 Å². The molecular weight excluding hydrogens is 146 g/mol. The fraction of sp³-hybridized carbons (Fsp3) is 0.273. The molecule has 0 radical (unpaired) electrons. The minimum atomic E-state index is 1.16. The SMILES string of the molecule is CNC1=CCCc2ccccc21. The molecule has 0 aliphatic heterocycles. The summed E-state index contributed by atoms with van der Waals surface area (Å²) in [4.78, 5) is 0. The highest BCUT2D eigenvalue weighted by molar-refractivity contribution is 5.68. The lowest BCUT2D eigenvalue weighted by atomic mass is 9.95. The fourth-order valence-electron chi connectivity index (χ4n) is 1.72. The van der Waals surface area contributed by atoms with E-state index in [0.29, 0.717) is 0 Å². The Morgan fingerprint density at radius 1 is 1.25 bits per heavy atom. The van der Waals surface area contributed by atoms with E-state index in [0.717, 1.165) is 6.42 Å². The van der Waals surface area contributed by atoms with Gasteiger partial charge >= 0.3 is 0 Å². The number of hydrogen-bond donors (Lipinski definition) is 1. The van der Waals surface area contributed by atoms with E-state index in [-0.39, 0.29) is 0 Å². The van der Waals surface area contributed by atoms with Crippen LogP contribution in [0.2, 0.25) is 0 Å². The van der Waals surface area contributed by atoms with Crippen LogP contribution in [0, 0.1) is 0 Å². The fourth-order valence-corrected chi connectivity index (χ4v) is 1.72. The van der Waals surface area contributed by atoms with Gasteiger partial charge in [0.15, 0.2) is 0 Å². The Morgan fingerprint density at radius 3 is 2.92 bits per heavy atom. The summed E-state index contributed by atoms with van der Waals surface area (Å²) in [6.07, 6.45) is 4.61. The Bertz CT molecular complexity index is 313. The van der Waals surface area contributed by atoms with Gasteiger partial charge in [-0.2, -0.15) is 0 Å². The molecule has 0 bridgehead atoms. The first kappa shape index (κ1) is 7.41. The summed E-state index contributed by atoms with van der Waals surface area (Å²) in [6, 6.07) is 8.59. The molecule has 0 atom stereocenters. The van der Waals surface area contributed by atoms with E-state index in [1.165, 1.54) is 23.2 Å². The number of nitrogens with one attached hydrogen (secondary N) is 1. The van der Waals surface area contributed by atoms with Crippen molar-refractivity contribution in [2.45, 2.75) is 12.8 Å². The smallest absolute Gasteiger partial charge is 0.0373 e. The van der Waals surface area contributed by atoms with E-state index in [9.17, 15) is 0 Å². The van der Waals surface area contributed by atoms with E-state index in [2.05, 4.69) is 35.7 Å². The highest BCUT2D eigenvalue weighted by Gasteiger charge is 2.09. The van der Waals surface area contributed by atoms with Crippen molar-refractivity contribution in [1.29, 1.82) is 0 Å². The summed E-state index contributed by atoms with van der Waals surface area (Å²) in [5.74, 6) is 0. The highest BCUT2D eigenvalue weighted by Crippen LogP contribution is 2.23. The third-order valence-electron chi connectivity index (χ3n) is 2.34. The molecule has 1 aliphatic carbocycles. The summed E-state index contributed by atoms with van der Waals surface area (Å²) in [5, 5.41) is 3.22. The number of fused-ring (bicyclic) bond motifs is 1. The van der Waals surface area contributed by atoms with Crippen LogP contribution in [0.3, 0.4) is 0 Å². The number of benzene rings is 1. The first-order valence-electron chi connectivity index (χ1n) is 4.38. The maximum atomic E-state index is 3.22. The molecule has 0 saturated heterocycles. The predicted octanol–water partition coefficient (Wildman–Crippen LogP) is 2.19. The van der Waals surface area contributed by atoms with Crippen LogP contribution in [-0.4, -0.2) is 7.05 Å². The Morgan fingerprint density at radius 2 is 2.08 bits per heavy atom. The van der Waals surface area contributed by atoms with Crippen molar-refractivity contribution >= 4 is 5.70 Å². The molecule has 62 valence electrons. The Labute approximate surface area is 73.1 Å². The summed E-state index contributed by atoms with van der Waals surface area (Å²) in [7, 11) is 1.98. The van der Waals surface area contributed by atoms with Crippen LogP contribution in [0.1, 0.15) is 17.5 Å². The molecule has 1 heteroatoms. The number of hydrogen-bond acceptors (Lipinski definition) is 1. The Hall–Kier alpha value is -1.24. The van der Waals surface area contributed by atoms with Gasteiger partial charge in [-0.05, 0) is 18.4 Å². The second-order valence-electron chi connectivity index (χ2n) is 3.06. The third kappa shape index (κ3) is 1.11. The van der Waals surface area contributed by atoms with Gasteiger partial charge in [-0.1, -0.05) is 30.3 Å². The number of rotatable bonds is 1. The van der Waals surface area contributed by atoms with Gasteiger partial charge in [0.25, 0.3) is 0 Å². The van der Waals surface area contributed by atoms with Gasteiger partial charge in [0.2, 0.25) is 0 Å². The maximum Gasteiger partial charge on any atom is 0.0373 e. The quantitative estimate of drug-likeness (QED) is 0.662. The van der Waals surface area contributed by atoms with E-state index < -0.39 is 0 Å². The first-order chi connectivity index (χ1) is 5.92. The Kier molecular flexibility index (Phi) is 1.86. The van der Waals surface area contributed by atoms with Crippen LogP contribution in [0.4, 0.5) is 0 Å². The van der Waals surface area contributed by atoms with Gasteiger partial charge in [-0.25, -0.2) is 0 Å². The summed E-state index contributed by atoms with van der Waals surface area (Å²) >= 11 is 0. The average molecular weight is 159 g/mol. The van der Waals surface area contributed by atoms with Crippen LogP contribution in [0.15, 0.2) is 30.3 Å². The number of aryl methyl sites for hydroxylation is 1. The molecule has 0 amide bonds. The van der Waals surface area contributed by atoms with Crippen molar-refractivity contribution < 1.29 is 0 Å². The van der Waals surface area contributed by atoms with Crippen LogP contribution >= 0.6 is 0 Å². The molecule has 1 nitrogen and oxygen atoms in total. The van der Waals surface area contributed by atoms with E-state index >= 15 is 0 Å². The summed E-state index contributed by atoms with van der Waals surface area (Å²) in [5.41, 5.74) is 4.10. The largest absolute Gasteiger partial charge is 0.388 e. The maximum absolute atomic E-state index is 3.22. The normalized spacial score (nSPS) is 14.9. The standard InChI is InChI=1S/C11H13N/c1-12-11-8-4-6-9-5-2-3-7-10(9)11/h2-3,5,7-8,12H,4,6H2,1H3. The molecule has 0 unspecified atom stereocenters. The van der Waals surface area contributed by atoms with Gasteiger partial charge in [-0.3, -0.25) is 0 Å². The lowest BCUT2D eigenvalue weighted by molar-refractivity contribution is 0.947. The summed E-state index contributed by atoms with van der Waals surface area (Å²) < 4.78 is 0. The molecule has 0 saturated carbocycles. The highest BCUT2D eigenvalue weighted by atomic mass is 14.8. The molecule has 1 aliphatic rings. The zero-order valence-corrected chi connectivity index (χ0v) is 7.30. The van der Waals surface area contributed by atoms with E-state index in [1.807, 2.05) is 7.05 Å². The molecular formula is C11H13N. The topological polar surface area (TPSA) is 12.0 Å². The van der Waals surface area contributed by atoms with Crippen molar-refractivity contribution in [3.8, 4) is 0 Å². The molecule has 0 fully saturated rings. The van der Waals surface area contributed by atoms with Crippen LogP contribution in [-0.2, 0) is 6.42 Å². The molecule has 2 rings (SSSR count). The number of allylic oxidation sites excluding steroid dienone is 1. The van der Waals surface area contributed by atoms with Gasteiger partial charge in [0, 0.05) is 18.3 Å². The molecule has 0 heterocycles. The predicted molar refractivity (Wildman–Crippen MR) is 51.8 cm³/mol. The van der Waals surface area contributed by atoms with Gasteiger partial charge in [0.1, 0.15) is 0 Å². The zero-order chi connectivity index (χ0) is 8.39. The van der Waals surface area contributed by atoms with Crippen LogP contribution in [0.5, 0.6) is 0 Å².